The first-order valence-electron chi connectivity index (χ1n) is 9.12. The van der Waals surface area contributed by atoms with E-state index in [9.17, 15) is 14.0 Å². The molecule has 2 aromatic rings. The van der Waals surface area contributed by atoms with Gasteiger partial charge in [0.05, 0.1) is 11.3 Å². The Bertz CT molecular complexity index is 774. The van der Waals surface area contributed by atoms with E-state index in [0.29, 0.717) is 24.4 Å². The molecule has 5 nitrogen and oxygen atoms in total. The number of carbonyl (C=O) groups is 2. The average molecular weight is 372 g/mol. The van der Waals surface area contributed by atoms with Crippen molar-refractivity contribution < 1.29 is 18.7 Å². The molecule has 0 aliphatic rings. The second-order valence-electron chi connectivity index (χ2n) is 6.11. The van der Waals surface area contributed by atoms with E-state index in [-0.39, 0.29) is 18.2 Å². The summed E-state index contributed by atoms with van der Waals surface area (Å²) in [7, 11) is 0. The van der Waals surface area contributed by atoms with Crippen molar-refractivity contribution in [3.05, 3.63) is 59.9 Å². The maximum atomic E-state index is 13.6. The van der Waals surface area contributed by atoms with Crippen LogP contribution in [0.5, 0.6) is 5.75 Å². The van der Waals surface area contributed by atoms with Crippen LogP contribution in [-0.2, 0) is 4.79 Å². The molecular formula is C21H25FN2O3. The van der Waals surface area contributed by atoms with Crippen LogP contribution in [-0.4, -0.2) is 36.4 Å². The Labute approximate surface area is 159 Å². The highest BCUT2D eigenvalue weighted by Gasteiger charge is 2.19. The number of anilines is 1. The third kappa shape index (κ3) is 5.81. The van der Waals surface area contributed by atoms with E-state index in [0.717, 1.165) is 12.8 Å². The first-order chi connectivity index (χ1) is 13.1. The first kappa shape index (κ1) is 20.4. The molecule has 2 rings (SSSR count). The van der Waals surface area contributed by atoms with Gasteiger partial charge in [-0.2, -0.15) is 0 Å². The quantitative estimate of drug-likeness (QED) is 0.721. The van der Waals surface area contributed by atoms with E-state index < -0.39 is 11.7 Å². The van der Waals surface area contributed by atoms with Crippen LogP contribution >= 0.6 is 0 Å². The molecular weight excluding hydrogens is 347 g/mol. The summed E-state index contributed by atoms with van der Waals surface area (Å²) in [4.78, 5) is 26.7. The predicted molar refractivity (Wildman–Crippen MR) is 103 cm³/mol. The largest absolute Gasteiger partial charge is 0.483 e. The fraction of sp³-hybridized carbons (Fsp3) is 0.333. The standard InChI is InChI=1S/C21H25FN2O3/c1-3-13-24(14-4-2)21(26)16-9-5-8-12-19(16)27-15-20(25)23-18-11-7-6-10-17(18)22/h5-12H,3-4,13-15H2,1-2H3,(H,23,25). The lowest BCUT2D eigenvalue weighted by molar-refractivity contribution is -0.118. The van der Waals surface area contributed by atoms with Crippen molar-refractivity contribution >= 4 is 17.5 Å². The van der Waals surface area contributed by atoms with Gasteiger partial charge in [-0.15, -0.1) is 0 Å². The zero-order valence-corrected chi connectivity index (χ0v) is 15.7. The van der Waals surface area contributed by atoms with Crippen LogP contribution in [0.25, 0.3) is 0 Å². The molecule has 0 bridgehead atoms. The second kappa shape index (κ2) is 10.3. The molecule has 0 saturated carbocycles. The summed E-state index contributed by atoms with van der Waals surface area (Å²) < 4.78 is 19.2. The van der Waals surface area contributed by atoms with Gasteiger partial charge in [0.2, 0.25) is 0 Å². The molecule has 0 unspecified atom stereocenters. The Kier molecular flexibility index (Phi) is 7.79. The lowest BCUT2D eigenvalue weighted by Crippen LogP contribution is -2.33. The molecule has 0 aliphatic carbocycles. The third-order valence-electron chi connectivity index (χ3n) is 3.90. The lowest BCUT2D eigenvalue weighted by atomic mass is 10.1. The van der Waals surface area contributed by atoms with Crippen LogP contribution in [0, 0.1) is 5.82 Å². The molecule has 2 amide bonds. The Morgan fingerprint density at radius 1 is 1.00 bits per heavy atom. The summed E-state index contributed by atoms with van der Waals surface area (Å²) >= 11 is 0. The zero-order valence-electron chi connectivity index (χ0n) is 15.7. The Hall–Kier alpha value is -2.89. The highest BCUT2D eigenvalue weighted by Crippen LogP contribution is 2.21. The minimum Gasteiger partial charge on any atom is -0.483 e. The molecule has 0 saturated heterocycles. The number of halogens is 1. The van der Waals surface area contributed by atoms with Gasteiger partial charge in [0.15, 0.2) is 6.61 Å². The maximum Gasteiger partial charge on any atom is 0.262 e. The van der Waals surface area contributed by atoms with Gasteiger partial charge in [0.1, 0.15) is 11.6 Å². The fourth-order valence-corrected chi connectivity index (χ4v) is 2.69. The highest BCUT2D eigenvalue weighted by molar-refractivity contribution is 5.97. The van der Waals surface area contributed by atoms with E-state index in [4.69, 9.17) is 4.74 Å². The second-order valence-corrected chi connectivity index (χ2v) is 6.11. The number of ether oxygens (including phenoxy) is 1. The monoisotopic (exact) mass is 372 g/mol. The fourth-order valence-electron chi connectivity index (χ4n) is 2.69. The number of carbonyl (C=O) groups excluding carboxylic acids is 2. The number of nitrogens with zero attached hydrogens (tertiary/aromatic N) is 1. The molecule has 0 radical (unpaired) electrons. The smallest absolute Gasteiger partial charge is 0.262 e. The lowest BCUT2D eigenvalue weighted by Gasteiger charge is -2.22. The number of rotatable bonds is 9. The first-order valence-corrected chi connectivity index (χ1v) is 9.12. The Morgan fingerprint density at radius 3 is 2.30 bits per heavy atom. The molecule has 144 valence electrons. The molecule has 2 aromatic carbocycles. The number of para-hydroxylation sites is 2. The summed E-state index contributed by atoms with van der Waals surface area (Å²) in [5, 5.41) is 2.46. The van der Waals surface area contributed by atoms with Gasteiger partial charge in [0.25, 0.3) is 11.8 Å². The van der Waals surface area contributed by atoms with Crippen LogP contribution in [0.4, 0.5) is 10.1 Å². The molecule has 0 atom stereocenters. The molecule has 0 aliphatic heterocycles. The summed E-state index contributed by atoms with van der Waals surface area (Å²) in [5.74, 6) is -0.801. The molecule has 0 spiro atoms. The van der Waals surface area contributed by atoms with Crippen molar-refractivity contribution in [3.8, 4) is 5.75 Å². The van der Waals surface area contributed by atoms with E-state index in [1.54, 1.807) is 41.3 Å². The van der Waals surface area contributed by atoms with Crippen molar-refractivity contribution in [1.82, 2.24) is 4.90 Å². The summed E-state index contributed by atoms with van der Waals surface area (Å²) in [6.45, 7) is 5.04. The Balaban J connectivity index is 2.05. The maximum absolute atomic E-state index is 13.6. The van der Waals surface area contributed by atoms with Gasteiger partial charge in [0, 0.05) is 13.1 Å². The van der Waals surface area contributed by atoms with E-state index in [2.05, 4.69) is 5.32 Å². The van der Waals surface area contributed by atoms with Crippen LogP contribution < -0.4 is 10.1 Å². The van der Waals surface area contributed by atoms with E-state index in [1.165, 1.54) is 12.1 Å². The van der Waals surface area contributed by atoms with Crippen molar-refractivity contribution in [2.75, 3.05) is 25.0 Å². The SMILES string of the molecule is CCCN(CCC)C(=O)c1ccccc1OCC(=O)Nc1ccccc1F. The third-order valence-corrected chi connectivity index (χ3v) is 3.90. The van der Waals surface area contributed by atoms with Crippen LogP contribution in [0.2, 0.25) is 0 Å². The van der Waals surface area contributed by atoms with Crippen molar-refractivity contribution in [2.45, 2.75) is 26.7 Å². The molecule has 0 fully saturated rings. The predicted octanol–water partition coefficient (Wildman–Crippen LogP) is 4.11. The number of hydrogen-bond donors (Lipinski definition) is 1. The van der Waals surface area contributed by atoms with E-state index >= 15 is 0 Å². The summed E-state index contributed by atoms with van der Waals surface area (Å²) in [5.41, 5.74) is 0.505. The van der Waals surface area contributed by atoms with Gasteiger partial charge in [-0.25, -0.2) is 4.39 Å². The summed E-state index contributed by atoms with van der Waals surface area (Å²) in [6, 6.07) is 12.7. The van der Waals surface area contributed by atoms with Gasteiger partial charge in [-0.3, -0.25) is 9.59 Å². The van der Waals surface area contributed by atoms with Crippen LogP contribution in [0.3, 0.4) is 0 Å². The molecule has 6 heteroatoms. The normalized spacial score (nSPS) is 10.3. The summed E-state index contributed by atoms with van der Waals surface area (Å²) in [6.07, 6.45) is 1.72. The number of benzene rings is 2. The molecule has 0 aromatic heterocycles. The number of hydrogen-bond acceptors (Lipinski definition) is 3. The van der Waals surface area contributed by atoms with Crippen LogP contribution in [0.1, 0.15) is 37.0 Å². The molecule has 0 heterocycles. The minimum atomic E-state index is -0.517. The minimum absolute atomic E-state index is 0.0903. The van der Waals surface area contributed by atoms with Crippen molar-refractivity contribution in [2.24, 2.45) is 0 Å². The van der Waals surface area contributed by atoms with Gasteiger partial charge in [-0.1, -0.05) is 38.1 Å². The zero-order chi connectivity index (χ0) is 19.6. The van der Waals surface area contributed by atoms with Gasteiger partial charge >= 0.3 is 0 Å². The van der Waals surface area contributed by atoms with Crippen molar-refractivity contribution in [3.63, 3.8) is 0 Å². The van der Waals surface area contributed by atoms with Crippen LogP contribution in [0.15, 0.2) is 48.5 Å². The highest BCUT2D eigenvalue weighted by atomic mass is 19.1. The van der Waals surface area contributed by atoms with E-state index in [1.807, 2.05) is 13.8 Å². The van der Waals surface area contributed by atoms with Gasteiger partial charge in [-0.05, 0) is 37.1 Å². The van der Waals surface area contributed by atoms with Gasteiger partial charge < -0.3 is 15.0 Å². The molecule has 1 N–H and O–H groups in total. The number of nitrogens with one attached hydrogen (secondary N) is 1. The topological polar surface area (TPSA) is 58.6 Å². The molecule has 27 heavy (non-hydrogen) atoms. The average Bonchev–Trinajstić information content (AvgIpc) is 2.68. The number of amides is 2. The van der Waals surface area contributed by atoms with Crippen molar-refractivity contribution in [1.29, 1.82) is 0 Å². The Morgan fingerprint density at radius 2 is 1.63 bits per heavy atom.